The number of hydrogen-bond donors (Lipinski definition) is 0. The van der Waals surface area contributed by atoms with Crippen LogP contribution in [0.15, 0.2) is 54.9 Å². The van der Waals surface area contributed by atoms with Crippen molar-refractivity contribution in [3.05, 3.63) is 66.1 Å². The van der Waals surface area contributed by atoms with Crippen molar-refractivity contribution in [2.45, 2.75) is 0 Å². The summed E-state index contributed by atoms with van der Waals surface area (Å²) in [6.07, 6.45) is 3.29. The third kappa shape index (κ3) is 2.01. The number of ether oxygens (including phenoxy) is 1. The highest BCUT2D eigenvalue weighted by molar-refractivity contribution is 6.16. The van der Waals surface area contributed by atoms with E-state index in [4.69, 9.17) is 4.74 Å². The fourth-order valence-corrected chi connectivity index (χ4v) is 2.15. The fourth-order valence-electron chi connectivity index (χ4n) is 2.15. The van der Waals surface area contributed by atoms with E-state index < -0.39 is 0 Å². The first-order chi connectivity index (χ1) is 9.81. The van der Waals surface area contributed by atoms with Crippen molar-refractivity contribution >= 4 is 16.7 Å². The second-order valence-electron chi connectivity index (χ2n) is 4.26. The Bertz CT molecular complexity index is 779. The molecule has 4 heteroatoms. The highest BCUT2D eigenvalue weighted by Crippen LogP contribution is 2.23. The topological polar surface area (TPSA) is 52.1 Å². The molecule has 0 saturated carbocycles. The van der Waals surface area contributed by atoms with Crippen LogP contribution in [0.2, 0.25) is 0 Å². The minimum absolute atomic E-state index is 0.166. The summed E-state index contributed by atoms with van der Waals surface area (Å²) in [5, 5.41) is 0.813. The predicted octanol–water partition coefficient (Wildman–Crippen LogP) is 2.87. The van der Waals surface area contributed by atoms with E-state index in [9.17, 15) is 4.79 Å². The van der Waals surface area contributed by atoms with Gasteiger partial charge in [-0.15, -0.1) is 0 Å². The van der Waals surface area contributed by atoms with Crippen molar-refractivity contribution in [1.29, 1.82) is 0 Å². The minimum Gasteiger partial charge on any atom is -0.494 e. The van der Waals surface area contributed by atoms with Gasteiger partial charge in [0.25, 0.3) is 0 Å². The monoisotopic (exact) mass is 264 g/mol. The maximum absolute atomic E-state index is 12.7. The van der Waals surface area contributed by atoms with Crippen LogP contribution in [0.4, 0.5) is 0 Å². The molecule has 4 nitrogen and oxygen atoms in total. The van der Waals surface area contributed by atoms with Crippen LogP contribution >= 0.6 is 0 Å². The van der Waals surface area contributed by atoms with Gasteiger partial charge < -0.3 is 4.74 Å². The number of ketones is 1. The van der Waals surface area contributed by atoms with Gasteiger partial charge in [-0.3, -0.25) is 9.78 Å². The molecule has 0 amide bonds. The number of carbonyl (C=O) groups excluding carboxylic acids is 1. The molecule has 0 atom stereocenters. The third-order valence-corrected chi connectivity index (χ3v) is 3.10. The van der Waals surface area contributed by atoms with Gasteiger partial charge in [0.05, 0.1) is 12.6 Å². The molecule has 0 N–H and O–H groups in total. The molecule has 0 bridgehead atoms. The summed E-state index contributed by atoms with van der Waals surface area (Å²) >= 11 is 0. The van der Waals surface area contributed by atoms with E-state index in [1.54, 1.807) is 30.6 Å². The van der Waals surface area contributed by atoms with Gasteiger partial charge in [0, 0.05) is 23.3 Å². The molecule has 0 aliphatic rings. The Morgan fingerprint density at radius 2 is 1.80 bits per heavy atom. The molecule has 0 unspecified atom stereocenters. The van der Waals surface area contributed by atoms with Gasteiger partial charge in [-0.25, -0.2) is 4.98 Å². The van der Waals surface area contributed by atoms with E-state index in [1.165, 1.54) is 7.11 Å². The highest BCUT2D eigenvalue weighted by atomic mass is 16.5. The van der Waals surface area contributed by atoms with Gasteiger partial charge in [0.2, 0.25) is 5.78 Å². The lowest BCUT2D eigenvalue weighted by Gasteiger charge is -2.08. The van der Waals surface area contributed by atoms with Crippen molar-refractivity contribution < 1.29 is 9.53 Å². The highest BCUT2D eigenvalue weighted by Gasteiger charge is 2.17. The zero-order chi connectivity index (χ0) is 13.9. The Hall–Kier alpha value is -2.75. The molecule has 3 rings (SSSR count). The number of methoxy groups -OCH3 is 1. The number of fused-ring (bicyclic) bond motifs is 1. The minimum atomic E-state index is -0.166. The van der Waals surface area contributed by atoms with Gasteiger partial charge in [-0.2, -0.15) is 0 Å². The second-order valence-corrected chi connectivity index (χ2v) is 4.26. The molecule has 20 heavy (non-hydrogen) atoms. The quantitative estimate of drug-likeness (QED) is 0.682. The summed E-state index contributed by atoms with van der Waals surface area (Å²) in [5.74, 6) is 0.305. The smallest absolute Gasteiger partial charge is 0.215 e. The number of benzene rings is 1. The number of hydrogen-bond acceptors (Lipinski definition) is 4. The van der Waals surface area contributed by atoms with Crippen LogP contribution < -0.4 is 4.74 Å². The van der Waals surface area contributed by atoms with Crippen LogP contribution in [-0.2, 0) is 0 Å². The molecule has 0 spiro atoms. The Morgan fingerprint density at radius 3 is 2.65 bits per heavy atom. The van der Waals surface area contributed by atoms with E-state index in [2.05, 4.69) is 9.97 Å². The maximum Gasteiger partial charge on any atom is 0.215 e. The van der Waals surface area contributed by atoms with Crippen LogP contribution in [0.25, 0.3) is 10.9 Å². The van der Waals surface area contributed by atoms with Crippen molar-refractivity contribution in [2.75, 3.05) is 7.11 Å². The zero-order valence-electron chi connectivity index (χ0n) is 10.9. The standard InChI is InChI=1S/C16H12N2O2/c1-20-14-8-4-10-18-15(14)16(19)12-5-2-7-13-11(12)6-3-9-17-13/h2-10H,1H3. The second kappa shape index (κ2) is 5.09. The zero-order valence-corrected chi connectivity index (χ0v) is 10.9. The molecule has 3 aromatic rings. The average molecular weight is 264 g/mol. The summed E-state index contributed by atoms with van der Waals surface area (Å²) in [5.41, 5.74) is 1.67. The summed E-state index contributed by atoms with van der Waals surface area (Å²) in [6.45, 7) is 0. The Labute approximate surface area is 116 Å². The third-order valence-electron chi connectivity index (χ3n) is 3.10. The lowest BCUT2D eigenvalue weighted by atomic mass is 10.0. The van der Waals surface area contributed by atoms with E-state index in [1.807, 2.05) is 24.3 Å². The molecule has 2 aromatic heterocycles. The lowest BCUT2D eigenvalue weighted by molar-refractivity contribution is 0.103. The molecular weight excluding hydrogens is 252 g/mol. The van der Waals surface area contributed by atoms with Gasteiger partial charge in [-0.1, -0.05) is 18.2 Å². The van der Waals surface area contributed by atoms with Crippen LogP contribution in [0, 0.1) is 0 Å². The maximum atomic E-state index is 12.7. The summed E-state index contributed by atoms with van der Waals surface area (Å²) in [4.78, 5) is 21.1. The van der Waals surface area contributed by atoms with Crippen molar-refractivity contribution in [3.63, 3.8) is 0 Å². The van der Waals surface area contributed by atoms with Crippen molar-refractivity contribution in [1.82, 2.24) is 9.97 Å². The SMILES string of the molecule is COc1cccnc1C(=O)c1cccc2ncccc12. The van der Waals surface area contributed by atoms with Crippen LogP contribution in [0.1, 0.15) is 16.1 Å². The van der Waals surface area contributed by atoms with E-state index in [0.717, 1.165) is 10.9 Å². The first-order valence-corrected chi connectivity index (χ1v) is 6.18. The Balaban J connectivity index is 2.18. The van der Waals surface area contributed by atoms with E-state index in [-0.39, 0.29) is 5.78 Å². The molecule has 0 aliphatic heterocycles. The molecule has 98 valence electrons. The first kappa shape index (κ1) is 12.3. The van der Waals surface area contributed by atoms with Crippen molar-refractivity contribution in [3.8, 4) is 5.75 Å². The van der Waals surface area contributed by atoms with Gasteiger partial charge in [0.1, 0.15) is 5.75 Å². The van der Waals surface area contributed by atoms with Crippen LogP contribution in [0.3, 0.4) is 0 Å². The van der Waals surface area contributed by atoms with Gasteiger partial charge >= 0.3 is 0 Å². The summed E-state index contributed by atoms with van der Waals surface area (Å²) in [6, 6.07) is 12.6. The van der Waals surface area contributed by atoms with E-state index >= 15 is 0 Å². The summed E-state index contributed by atoms with van der Waals surface area (Å²) < 4.78 is 5.20. The average Bonchev–Trinajstić information content (AvgIpc) is 2.53. The van der Waals surface area contributed by atoms with Gasteiger partial charge in [0.15, 0.2) is 5.69 Å². The molecule has 2 heterocycles. The first-order valence-electron chi connectivity index (χ1n) is 6.18. The van der Waals surface area contributed by atoms with Gasteiger partial charge in [-0.05, 0) is 24.3 Å². The number of nitrogens with zero attached hydrogens (tertiary/aromatic N) is 2. The molecule has 0 radical (unpaired) electrons. The Morgan fingerprint density at radius 1 is 1.00 bits per heavy atom. The van der Waals surface area contributed by atoms with Crippen LogP contribution in [0.5, 0.6) is 5.75 Å². The number of aromatic nitrogens is 2. The fraction of sp³-hybridized carbons (Fsp3) is 0.0625. The summed E-state index contributed by atoms with van der Waals surface area (Å²) in [7, 11) is 1.53. The number of carbonyl (C=O) groups is 1. The Kier molecular flexibility index (Phi) is 3.13. The molecule has 0 aliphatic carbocycles. The molecular formula is C16H12N2O2. The number of rotatable bonds is 3. The normalized spacial score (nSPS) is 10.4. The molecule has 1 aromatic carbocycles. The molecule has 0 fully saturated rings. The van der Waals surface area contributed by atoms with Crippen molar-refractivity contribution in [2.24, 2.45) is 0 Å². The lowest BCUT2D eigenvalue weighted by Crippen LogP contribution is -2.07. The number of pyridine rings is 2. The van der Waals surface area contributed by atoms with E-state index in [0.29, 0.717) is 17.0 Å². The molecule has 0 saturated heterocycles. The largest absolute Gasteiger partial charge is 0.494 e. The predicted molar refractivity (Wildman–Crippen MR) is 76.0 cm³/mol. The van der Waals surface area contributed by atoms with Crippen LogP contribution in [-0.4, -0.2) is 22.9 Å².